The Bertz CT molecular complexity index is 569. The van der Waals surface area contributed by atoms with Crippen LogP contribution in [0, 0.1) is 0 Å². The zero-order chi connectivity index (χ0) is 12.7. The lowest BCUT2D eigenvalue weighted by Crippen LogP contribution is -2.00. The number of aromatic nitrogens is 3. The lowest BCUT2D eigenvalue weighted by Gasteiger charge is -2.02. The molecule has 0 atom stereocenters. The van der Waals surface area contributed by atoms with Crippen LogP contribution in [0.15, 0.2) is 18.3 Å². The summed E-state index contributed by atoms with van der Waals surface area (Å²) in [6.45, 7) is 0. The van der Waals surface area contributed by atoms with Crippen LogP contribution in [0.4, 0.5) is 5.82 Å². The van der Waals surface area contributed by atoms with Gasteiger partial charge in [-0.15, -0.1) is 0 Å². The number of ether oxygens (including phenoxy) is 1. The molecule has 2 heterocycles. The van der Waals surface area contributed by atoms with Gasteiger partial charge in [0.1, 0.15) is 17.3 Å². The summed E-state index contributed by atoms with van der Waals surface area (Å²) in [5.41, 5.74) is 7.85. The van der Waals surface area contributed by atoms with E-state index in [-0.39, 0.29) is 0 Å². The lowest BCUT2D eigenvalue weighted by molar-refractivity contribution is 0.398. The van der Waals surface area contributed by atoms with Crippen molar-refractivity contribution >= 4 is 5.82 Å². The molecule has 0 aliphatic heterocycles. The molecule has 0 bridgehead atoms. The Balaban J connectivity index is 2.02. The van der Waals surface area contributed by atoms with Crippen molar-refractivity contribution in [3.63, 3.8) is 0 Å². The van der Waals surface area contributed by atoms with Crippen LogP contribution in [0.2, 0.25) is 0 Å². The monoisotopic (exact) mass is 244 g/mol. The first kappa shape index (κ1) is 11.1. The van der Waals surface area contributed by atoms with E-state index in [1.165, 1.54) is 12.8 Å². The van der Waals surface area contributed by atoms with Gasteiger partial charge in [0.2, 0.25) is 5.88 Å². The van der Waals surface area contributed by atoms with Gasteiger partial charge in [-0.25, -0.2) is 9.97 Å². The van der Waals surface area contributed by atoms with Crippen molar-refractivity contribution in [2.75, 3.05) is 12.8 Å². The normalized spacial score (nSPS) is 14.8. The average molecular weight is 244 g/mol. The largest absolute Gasteiger partial charge is 0.481 e. The molecule has 1 aliphatic carbocycles. The van der Waals surface area contributed by atoms with Gasteiger partial charge in [0.15, 0.2) is 0 Å². The van der Waals surface area contributed by atoms with E-state index in [1.807, 2.05) is 23.7 Å². The molecule has 1 aliphatic rings. The van der Waals surface area contributed by atoms with E-state index in [1.54, 1.807) is 13.3 Å². The second kappa shape index (κ2) is 4.01. The Kier molecular flexibility index (Phi) is 2.47. The summed E-state index contributed by atoms with van der Waals surface area (Å²) in [7, 11) is 3.57. The number of methoxy groups -OCH3 is 1. The molecule has 5 heteroatoms. The average Bonchev–Trinajstić information content (AvgIpc) is 3.19. The van der Waals surface area contributed by atoms with Gasteiger partial charge in [0.25, 0.3) is 0 Å². The van der Waals surface area contributed by atoms with E-state index in [9.17, 15) is 0 Å². The molecule has 2 aromatic heterocycles. The van der Waals surface area contributed by atoms with Crippen molar-refractivity contribution in [3.05, 3.63) is 24.2 Å². The van der Waals surface area contributed by atoms with Crippen molar-refractivity contribution in [3.8, 4) is 17.1 Å². The highest BCUT2D eigenvalue weighted by atomic mass is 16.5. The highest BCUT2D eigenvalue weighted by Gasteiger charge is 2.29. The predicted octanol–water partition coefficient (Wildman–Crippen LogP) is 1.95. The van der Waals surface area contributed by atoms with E-state index in [0.29, 0.717) is 17.6 Å². The lowest BCUT2D eigenvalue weighted by atomic mass is 10.2. The number of nitrogen functional groups attached to an aromatic ring is 1. The van der Waals surface area contributed by atoms with Gasteiger partial charge in [-0.3, -0.25) is 0 Å². The van der Waals surface area contributed by atoms with E-state index >= 15 is 0 Å². The van der Waals surface area contributed by atoms with Crippen LogP contribution in [0.25, 0.3) is 11.3 Å². The molecule has 0 radical (unpaired) electrons. The Morgan fingerprint density at radius 1 is 1.39 bits per heavy atom. The minimum Gasteiger partial charge on any atom is -0.481 e. The molecule has 0 amide bonds. The minimum atomic E-state index is 0.581. The van der Waals surface area contributed by atoms with Gasteiger partial charge < -0.3 is 15.0 Å². The molecule has 0 unspecified atom stereocenters. The summed E-state index contributed by atoms with van der Waals surface area (Å²) >= 11 is 0. The Morgan fingerprint density at radius 2 is 2.17 bits per heavy atom. The van der Waals surface area contributed by atoms with Crippen LogP contribution in [0.5, 0.6) is 5.88 Å². The van der Waals surface area contributed by atoms with E-state index in [2.05, 4.69) is 9.97 Å². The molecule has 94 valence electrons. The van der Waals surface area contributed by atoms with Crippen LogP contribution in [0.1, 0.15) is 24.6 Å². The number of nitrogens with zero attached hydrogens (tertiary/aromatic N) is 3. The number of hydrogen-bond donors (Lipinski definition) is 1. The number of nitrogens with two attached hydrogens (primary N) is 1. The smallest absolute Gasteiger partial charge is 0.212 e. The predicted molar refractivity (Wildman–Crippen MR) is 69.4 cm³/mol. The number of hydrogen-bond acceptors (Lipinski definition) is 4. The van der Waals surface area contributed by atoms with Gasteiger partial charge in [0.05, 0.1) is 7.11 Å². The molecular weight excluding hydrogens is 228 g/mol. The Hall–Kier alpha value is -2.04. The van der Waals surface area contributed by atoms with Crippen LogP contribution in [-0.2, 0) is 7.05 Å². The first-order valence-corrected chi connectivity index (χ1v) is 6.03. The third kappa shape index (κ3) is 1.72. The molecule has 2 aromatic rings. The number of rotatable bonds is 3. The standard InChI is InChI=1S/C13H16N4O/c1-17-12(14)11(16-13(17)8-3-4-8)9-5-6-10(18-2)15-7-9/h5-8H,3-4,14H2,1-2H3. The van der Waals surface area contributed by atoms with Crippen LogP contribution < -0.4 is 10.5 Å². The minimum absolute atomic E-state index is 0.581. The van der Waals surface area contributed by atoms with Crippen molar-refractivity contribution in [2.24, 2.45) is 7.05 Å². The first-order chi connectivity index (χ1) is 8.70. The van der Waals surface area contributed by atoms with Gasteiger partial charge in [-0.2, -0.15) is 0 Å². The number of anilines is 1. The zero-order valence-electron chi connectivity index (χ0n) is 10.6. The molecular formula is C13H16N4O. The van der Waals surface area contributed by atoms with Gasteiger partial charge in [0, 0.05) is 30.8 Å². The van der Waals surface area contributed by atoms with Crippen molar-refractivity contribution < 1.29 is 4.74 Å². The van der Waals surface area contributed by atoms with Crippen molar-refractivity contribution in [2.45, 2.75) is 18.8 Å². The maximum Gasteiger partial charge on any atom is 0.212 e. The third-order valence-corrected chi connectivity index (χ3v) is 3.34. The molecule has 1 saturated carbocycles. The second-order valence-electron chi connectivity index (χ2n) is 4.63. The van der Waals surface area contributed by atoms with Gasteiger partial charge >= 0.3 is 0 Å². The summed E-state index contributed by atoms with van der Waals surface area (Å²) in [6, 6.07) is 3.75. The van der Waals surface area contributed by atoms with Gasteiger partial charge in [-0.1, -0.05) is 0 Å². The van der Waals surface area contributed by atoms with Crippen LogP contribution in [-0.4, -0.2) is 21.6 Å². The van der Waals surface area contributed by atoms with Gasteiger partial charge in [-0.05, 0) is 18.9 Å². The first-order valence-electron chi connectivity index (χ1n) is 6.03. The van der Waals surface area contributed by atoms with Crippen molar-refractivity contribution in [1.29, 1.82) is 0 Å². The topological polar surface area (TPSA) is 66.0 Å². The summed E-state index contributed by atoms with van der Waals surface area (Å²) in [5.74, 6) is 2.95. The summed E-state index contributed by atoms with van der Waals surface area (Å²) in [5, 5.41) is 0. The molecule has 0 saturated heterocycles. The molecule has 0 spiro atoms. The Labute approximate surface area is 106 Å². The maximum atomic E-state index is 6.11. The highest BCUT2D eigenvalue weighted by Crippen LogP contribution is 2.41. The number of imidazole rings is 1. The molecule has 1 fully saturated rings. The summed E-state index contributed by atoms with van der Waals surface area (Å²) < 4.78 is 7.03. The SMILES string of the molecule is COc1ccc(-c2nc(C3CC3)n(C)c2N)cn1. The van der Waals surface area contributed by atoms with Crippen LogP contribution in [0.3, 0.4) is 0 Å². The van der Waals surface area contributed by atoms with E-state index in [0.717, 1.165) is 17.1 Å². The van der Waals surface area contributed by atoms with Crippen molar-refractivity contribution in [1.82, 2.24) is 14.5 Å². The molecule has 5 nitrogen and oxygen atoms in total. The fourth-order valence-corrected chi connectivity index (χ4v) is 2.09. The maximum absolute atomic E-state index is 6.11. The zero-order valence-corrected chi connectivity index (χ0v) is 10.6. The third-order valence-electron chi connectivity index (χ3n) is 3.34. The quantitative estimate of drug-likeness (QED) is 0.896. The van der Waals surface area contributed by atoms with E-state index in [4.69, 9.17) is 10.5 Å². The van der Waals surface area contributed by atoms with Crippen LogP contribution >= 0.6 is 0 Å². The summed E-state index contributed by atoms with van der Waals surface area (Å²) in [4.78, 5) is 8.84. The molecule has 0 aromatic carbocycles. The second-order valence-corrected chi connectivity index (χ2v) is 4.63. The van der Waals surface area contributed by atoms with E-state index < -0.39 is 0 Å². The summed E-state index contributed by atoms with van der Waals surface area (Å²) in [6.07, 6.45) is 4.17. The number of pyridine rings is 1. The Morgan fingerprint density at radius 3 is 2.72 bits per heavy atom. The fraction of sp³-hybridized carbons (Fsp3) is 0.385. The molecule has 2 N–H and O–H groups in total. The fourth-order valence-electron chi connectivity index (χ4n) is 2.09. The molecule has 3 rings (SSSR count). The molecule has 18 heavy (non-hydrogen) atoms. The highest BCUT2D eigenvalue weighted by molar-refractivity contribution is 5.70.